The van der Waals surface area contributed by atoms with Crippen LogP contribution in [0.15, 0.2) is 63.3 Å². The van der Waals surface area contributed by atoms with Gasteiger partial charge in [-0.3, -0.25) is 9.59 Å². The molecule has 0 bridgehead atoms. The first-order chi connectivity index (χ1) is 15.5. The molecule has 0 aromatic heterocycles. The molecule has 0 radical (unpaired) electrons. The van der Waals surface area contributed by atoms with Crippen molar-refractivity contribution >= 4 is 29.1 Å². The summed E-state index contributed by atoms with van der Waals surface area (Å²) in [6.45, 7) is 5.93. The van der Waals surface area contributed by atoms with Gasteiger partial charge in [0.15, 0.2) is 0 Å². The predicted molar refractivity (Wildman–Crippen MR) is 125 cm³/mol. The van der Waals surface area contributed by atoms with Gasteiger partial charge in [0.05, 0.1) is 10.7 Å². The summed E-state index contributed by atoms with van der Waals surface area (Å²) in [5.74, 6) is 0.588. The number of carbonyl (C=O) groups is 2. The predicted octanol–water partition coefficient (Wildman–Crippen LogP) is 2.01. The van der Waals surface area contributed by atoms with Gasteiger partial charge in [-0.25, -0.2) is 0 Å². The second kappa shape index (κ2) is 7.15. The number of amides is 1. The average molecular weight is 450 g/mol. The van der Waals surface area contributed by atoms with Crippen molar-refractivity contribution in [2.75, 3.05) is 38.1 Å². The largest absolute Gasteiger partial charge is 0.356 e. The Morgan fingerprint density at radius 3 is 2.66 bits per heavy atom. The van der Waals surface area contributed by atoms with Crippen molar-refractivity contribution in [3.8, 4) is 0 Å². The third-order valence-corrected chi connectivity index (χ3v) is 8.08. The summed E-state index contributed by atoms with van der Waals surface area (Å²) in [5.41, 5.74) is 1.14. The zero-order valence-electron chi connectivity index (χ0n) is 18.4. The molecule has 1 amide bonds. The van der Waals surface area contributed by atoms with Crippen LogP contribution in [0, 0.1) is 0 Å². The number of nitrogens with one attached hydrogen (secondary N) is 2. The Morgan fingerprint density at radius 1 is 1.16 bits per heavy atom. The molecule has 8 heteroatoms. The van der Waals surface area contributed by atoms with E-state index in [0.29, 0.717) is 5.57 Å². The highest BCUT2D eigenvalue weighted by Gasteiger charge is 2.53. The van der Waals surface area contributed by atoms with Crippen LogP contribution >= 0.6 is 11.8 Å². The van der Waals surface area contributed by atoms with Crippen molar-refractivity contribution in [2.45, 2.75) is 36.4 Å². The maximum Gasteiger partial charge on any atom is 0.258 e. The summed E-state index contributed by atoms with van der Waals surface area (Å²) in [7, 11) is 2.14. The maximum absolute atomic E-state index is 13.7. The number of anilines is 1. The van der Waals surface area contributed by atoms with Gasteiger partial charge in [0.1, 0.15) is 17.1 Å². The molecule has 1 atom stereocenters. The van der Waals surface area contributed by atoms with E-state index in [1.807, 2.05) is 24.3 Å². The fourth-order valence-corrected chi connectivity index (χ4v) is 6.18. The Morgan fingerprint density at radius 2 is 1.91 bits per heavy atom. The van der Waals surface area contributed by atoms with E-state index < -0.39 is 5.66 Å². The van der Waals surface area contributed by atoms with Crippen molar-refractivity contribution < 1.29 is 9.59 Å². The Kier molecular flexibility index (Phi) is 4.45. The highest BCUT2D eigenvalue weighted by molar-refractivity contribution is 8.03. The summed E-state index contributed by atoms with van der Waals surface area (Å²) >= 11 is 1.52. The summed E-state index contributed by atoms with van der Waals surface area (Å²) < 4.78 is 0. The standard InChI is InChI=1S/C24H27N5O2S/c1-24-16(9-10-19(26-24)28-13-11-27(2)12-14-28)21(30)20(22(31)25-15-7-8-15)23-29(24)17-5-3-4-6-18(17)32-23/h3-6,9-10,15,26H,7-8,11-14H2,1-2H3,(H,25,31). The number of carbonyl (C=O) groups excluding carboxylic acids is 2. The van der Waals surface area contributed by atoms with Gasteiger partial charge in [-0.05, 0) is 51.1 Å². The Bertz CT molecular complexity index is 1110. The van der Waals surface area contributed by atoms with Gasteiger partial charge in [0.2, 0.25) is 5.78 Å². The number of hydrogen-bond acceptors (Lipinski definition) is 7. The molecule has 1 aromatic rings. The lowest BCUT2D eigenvalue weighted by Crippen LogP contribution is -2.64. The molecular formula is C24H27N5O2S. The molecule has 5 aliphatic rings. The van der Waals surface area contributed by atoms with E-state index in [-0.39, 0.29) is 23.3 Å². The molecule has 166 valence electrons. The number of allylic oxidation sites excluding steroid dienone is 2. The number of ketones is 1. The number of rotatable bonds is 3. The van der Waals surface area contributed by atoms with E-state index in [9.17, 15) is 9.59 Å². The third-order valence-electron chi connectivity index (χ3n) is 6.94. The Balaban J connectivity index is 1.44. The number of dihydropyridines is 1. The van der Waals surface area contributed by atoms with Crippen molar-refractivity contribution in [3.63, 3.8) is 0 Å². The molecule has 2 N–H and O–H groups in total. The van der Waals surface area contributed by atoms with E-state index in [0.717, 1.165) is 60.5 Å². The van der Waals surface area contributed by atoms with Crippen LogP contribution in [0.1, 0.15) is 19.8 Å². The van der Waals surface area contributed by atoms with Gasteiger partial charge in [0, 0.05) is 42.7 Å². The number of para-hydroxylation sites is 1. The molecule has 0 spiro atoms. The summed E-state index contributed by atoms with van der Waals surface area (Å²) in [6.07, 6.45) is 5.88. The number of nitrogens with zero attached hydrogens (tertiary/aromatic N) is 3. The SMILES string of the molecule is CN1CCN(C2=CC=C3C(=O)C(C(=O)NC4CC4)=C4Sc5ccccc5N4C3(C)N2)CC1. The van der Waals surface area contributed by atoms with E-state index in [1.54, 1.807) is 0 Å². The first-order valence-corrected chi connectivity index (χ1v) is 12.1. The summed E-state index contributed by atoms with van der Waals surface area (Å²) in [6, 6.07) is 8.33. The van der Waals surface area contributed by atoms with E-state index in [2.05, 4.69) is 51.4 Å². The lowest BCUT2D eigenvalue weighted by atomic mass is 9.85. The molecule has 1 aromatic carbocycles. The van der Waals surface area contributed by atoms with Crippen molar-refractivity contribution in [1.82, 2.24) is 20.4 Å². The molecule has 1 saturated heterocycles. The molecule has 2 fully saturated rings. The molecule has 1 saturated carbocycles. The van der Waals surface area contributed by atoms with Gasteiger partial charge >= 0.3 is 0 Å². The second-order valence-corrected chi connectivity index (χ2v) is 10.3. The molecular weight excluding hydrogens is 422 g/mol. The number of Topliss-reactive ketones (excluding diaryl/α,β-unsaturated/α-hetero) is 1. The average Bonchev–Trinajstić information content (AvgIpc) is 3.50. The molecule has 1 unspecified atom stereocenters. The lowest BCUT2D eigenvalue weighted by molar-refractivity contribution is -0.121. The van der Waals surface area contributed by atoms with Crippen LogP contribution < -0.4 is 15.5 Å². The quantitative estimate of drug-likeness (QED) is 0.685. The molecule has 32 heavy (non-hydrogen) atoms. The number of benzene rings is 1. The lowest BCUT2D eigenvalue weighted by Gasteiger charge is -2.50. The molecule has 7 nitrogen and oxygen atoms in total. The number of hydrogen-bond donors (Lipinski definition) is 2. The van der Waals surface area contributed by atoms with Crippen molar-refractivity contribution in [3.05, 3.63) is 58.4 Å². The topological polar surface area (TPSA) is 67.9 Å². The maximum atomic E-state index is 13.7. The fourth-order valence-electron chi connectivity index (χ4n) is 4.90. The minimum atomic E-state index is -0.761. The highest BCUT2D eigenvalue weighted by atomic mass is 32.2. The zero-order valence-corrected chi connectivity index (χ0v) is 19.2. The first-order valence-electron chi connectivity index (χ1n) is 11.3. The minimum Gasteiger partial charge on any atom is -0.356 e. The van der Waals surface area contributed by atoms with Gasteiger partial charge in [-0.1, -0.05) is 23.9 Å². The van der Waals surface area contributed by atoms with Gasteiger partial charge in [0.25, 0.3) is 5.91 Å². The molecule has 6 rings (SSSR count). The van der Waals surface area contributed by atoms with Crippen LogP contribution in [0.25, 0.3) is 0 Å². The van der Waals surface area contributed by atoms with Crippen molar-refractivity contribution in [1.29, 1.82) is 0 Å². The van der Waals surface area contributed by atoms with Crippen LogP contribution in [-0.4, -0.2) is 66.4 Å². The third kappa shape index (κ3) is 3.00. The number of piperazine rings is 1. The summed E-state index contributed by atoms with van der Waals surface area (Å²) in [4.78, 5) is 34.8. The smallest absolute Gasteiger partial charge is 0.258 e. The summed E-state index contributed by atoms with van der Waals surface area (Å²) in [5, 5.41) is 7.45. The van der Waals surface area contributed by atoms with E-state index in [1.165, 1.54) is 11.8 Å². The van der Waals surface area contributed by atoms with E-state index in [4.69, 9.17) is 0 Å². The second-order valence-electron chi connectivity index (χ2n) is 9.28. The van der Waals surface area contributed by atoms with Crippen LogP contribution in [0.4, 0.5) is 5.69 Å². The van der Waals surface area contributed by atoms with E-state index >= 15 is 0 Å². The van der Waals surface area contributed by atoms with Crippen LogP contribution in [0.2, 0.25) is 0 Å². The van der Waals surface area contributed by atoms with Crippen molar-refractivity contribution in [2.24, 2.45) is 0 Å². The number of fused-ring (bicyclic) bond motifs is 5. The minimum absolute atomic E-state index is 0.182. The van der Waals surface area contributed by atoms with Gasteiger partial charge in [-0.2, -0.15) is 0 Å². The van der Waals surface area contributed by atoms with Crippen LogP contribution in [-0.2, 0) is 9.59 Å². The van der Waals surface area contributed by atoms with Gasteiger partial charge in [-0.15, -0.1) is 0 Å². The Hall–Kier alpha value is -2.71. The molecule has 4 aliphatic heterocycles. The normalized spacial score (nSPS) is 27.2. The highest BCUT2D eigenvalue weighted by Crippen LogP contribution is 2.54. The monoisotopic (exact) mass is 449 g/mol. The Labute approximate surface area is 192 Å². The number of likely N-dealkylation sites (N-methyl/N-ethyl adjacent to an activating group) is 1. The molecule has 1 aliphatic carbocycles. The zero-order chi connectivity index (χ0) is 22.0. The first kappa shape index (κ1) is 19.9. The van der Waals surface area contributed by atoms with Crippen LogP contribution in [0.3, 0.4) is 0 Å². The van der Waals surface area contributed by atoms with Gasteiger partial charge < -0.3 is 25.3 Å². The fraction of sp³-hybridized carbons (Fsp3) is 0.417. The van der Waals surface area contributed by atoms with Crippen LogP contribution in [0.5, 0.6) is 0 Å². The molecule has 4 heterocycles. The number of thioether (sulfide) groups is 1.